The number of aromatic hydroxyl groups is 2. The Morgan fingerprint density at radius 1 is 0.907 bits per heavy atom. The molecule has 13 heteroatoms. The van der Waals surface area contributed by atoms with Crippen LogP contribution in [0.25, 0.3) is 0 Å². The molecule has 1 heterocycles. The zero-order chi connectivity index (χ0) is 30.4. The SMILES string of the molecule is COc1cc(O)c(C(=O)c2ccc(C(=O)O[C@@H]3CCCNC[C@H]3NC(=O)c3cc(OC)c(O)c(OC)c3)cc2)c(F)c1.Cl. The van der Waals surface area contributed by atoms with E-state index in [4.69, 9.17) is 18.9 Å². The Balaban J connectivity index is 0.00000506. The van der Waals surface area contributed by atoms with Gasteiger partial charge in [-0.05, 0) is 43.7 Å². The third-order valence-electron chi connectivity index (χ3n) is 6.86. The van der Waals surface area contributed by atoms with Gasteiger partial charge in [0, 0.05) is 29.8 Å². The molecular formula is C30H32ClFN2O9. The second-order valence-electron chi connectivity index (χ2n) is 9.51. The number of amides is 1. The molecule has 1 aliphatic heterocycles. The van der Waals surface area contributed by atoms with Crippen LogP contribution in [-0.2, 0) is 4.74 Å². The van der Waals surface area contributed by atoms with E-state index in [0.29, 0.717) is 25.9 Å². The third-order valence-corrected chi connectivity index (χ3v) is 6.86. The van der Waals surface area contributed by atoms with Gasteiger partial charge < -0.3 is 39.8 Å². The highest BCUT2D eigenvalue weighted by Gasteiger charge is 2.30. The molecule has 0 spiro atoms. The number of halogens is 2. The Kier molecular flexibility index (Phi) is 11.2. The number of ether oxygens (including phenoxy) is 4. The molecule has 0 radical (unpaired) electrons. The second kappa shape index (κ2) is 14.6. The topological polar surface area (TPSA) is 153 Å². The summed E-state index contributed by atoms with van der Waals surface area (Å²) in [6.07, 6.45) is 0.484. The lowest BCUT2D eigenvalue weighted by Crippen LogP contribution is -2.49. The van der Waals surface area contributed by atoms with Crippen molar-refractivity contribution < 1.29 is 47.9 Å². The van der Waals surface area contributed by atoms with Crippen LogP contribution in [0.1, 0.15) is 49.5 Å². The number of rotatable bonds is 9. The summed E-state index contributed by atoms with van der Waals surface area (Å²) in [4.78, 5) is 39.0. The summed E-state index contributed by atoms with van der Waals surface area (Å²) in [6, 6.07) is 9.69. The van der Waals surface area contributed by atoms with Crippen molar-refractivity contribution in [3.05, 3.63) is 76.6 Å². The minimum Gasteiger partial charge on any atom is -0.507 e. The third kappa shape index (κ3) is 7.46. The molecule has 0 aliphatic carbocycles. The molecule has 0 saturated carbocycles. The summed E-state index contributed by atoms with van der Waals surface area (Å²) in [6.45, 7) is 0.993. The standard InChI is InChI=1S/C30H31FN2O9.ClH/c1-39-19-13-20(31)26(22(34)14-19)27(35)16-6-8-17(9-7-16)30(38)42-23-5-4-10-32-15-21(23)33-29(37)18-11-24(40-2)28(36)25(12-18)41-3;/h6-9,11-14,21,23,32,34,36H,4-5,10,15H2,1-3H3,(H,33,37);1H/t21-,23-;/m1./s1. The normalized spacial score (nSPS) is 16.2. The predicted molar refractivity (Wildman–Crippen MR) is 156 cm³/mol. The first-order chi connectivity index (χ1) is 20.2. The zero-order valence-electron chi connectivity index (χ0n) is 23.6. The average molecular weight is 619 g/mol. The largest absolute Gasteiger partial charge is 0.507 e. The molecule has 0 unspecified atom stereocenters. The van der Waals surface area contributed by atoms with Crippen molar-refractivity contribution in [3.63, 3.8) is 0 Å². The van der Waals surface area contributed by atoms with Gasteiger partial charge in [-0.3, -0.25) is 9.59 Å². The van der Waals surface area contributed by atoms with Gasteiger partial charge in [0.1, 0.15) is 29.0 Å². The summed E-state index contributed by atoms with van der Waals surface area (Å²) in [7, 11) is 4.01. The van der Waals surface area contributed by atoms with E-state index in [1.54, 1.807) is 0 Å². The number of methoxy groups -OCH3 is 3. The van der Waals surface area contributed by atoms with Gasteiger partial charge in [0.05, 0.1) is 32.9 Å². The summed E-state index contributed by atoms with van der Waals surface area (Å²) < 4.78 is 35.4. The Hall–Kier alpha value is -4.55. The number of benzene rings is 3. The number of phenols is 2. The molecule has 0 aromatic heterocycles. The Labute approximate surface area is 253 Å². The molecule has 230 valence electrons. The molecule has 4 rings (SSSR count). The summed E-state index contributed by atoms with van der Waals surface area (Å²) in [5.74, 6) is -3.50. The lowest BCUT2D eigenvalue weighted by molar-refractivity contribution is 0.0192. The number of nitrogens with one attached hydrogen (secondary N) is 2. The van der Waals surface area contributed by atoms with Crippen molar-refractivity contribution in [2.45, 2.75) is 25.0 Å². The smallest absolute Gasteiger partial charge is 0.338 e. The number of hydrogen-bond donors (Lipinski definition) is 4. The lowest BCUT2D eigenvalue weighted by atomic mass is 10.0. The maximum absolute atomic E-state index is 14.5. The van der Waals surface area contributed by atoms with Gasteiger partial charge in [-0.15, -0.1) is 12.4 Å². The van der Waals surface area contributed by atoms with Gasteiger partial charge in [-0.1, -0.05) is 12.1 Å². The highest BCUT2D eigenvalue weighted by molar-refractivity contribution is 6.11. The van der Waals surface area contributed by atoms with E-state index in [0.717, 1.165) is 12.1 Å². The number of carbonyl (C=O) groups is 3. The monoisotopic (exact) mass is 618 g/mol. The zero-order valence-corrected chi connectivity index (χ0v) is 24.5. The van der Waals surface area contributed by atoms with Crippen molar-refractivity contribution in [3.8, 4) is 28.7 Å². The predicted octanol–water partition coefficient (Wildman–Crippen LogP) is 3.62. The van der Waals surface area contributed by atoms with Crippen LogP contribution in [0.15, 0.2) is 48.5 Å². The van der Waals surface area contributed by atoms with Crippen LogP contribution in [-0.4, -0.2) is 74.4 Å². The Bertz CT molecular complexity index is 1430. The van der Waals surface area contributed by atoms with Gasteiger partial charge in [0.25, 0.3) is 5.91 Å². The molecule has 4 N–H and O–H groups in total. The van der Waals surface area contributed by atoms with E-state index in [-0.39, 0.29) is 52.1 Å². The molecule has 1 saturated heterocycles. The van der Waals surface area contributed by atoms with Crippen LogP contribution >= 0.6 is 12.4 Å². The van der Waals surface area contributed by atoms with Gasteiger partial charge in [0.15, 0.2) is 17.3 Å². The van der Waals surface area contributed by atoms with Gasteiger partial charge >= 0.3 is 5.97 Å². The van der Waals surface area contributed by atoms with E-state index in [1.165, 1.54) is 57.7 Å². The van der Waals surface area contributed by atoms with Crippen LogP contribution in [0.2, 0.25) is 0 Å². The van der Waals surface area contributed by atoms with Crippen molar-refractivity contribution in [1.29, 1.82) is 0 Å². The number of carbonyl (C=O) groups excluding carboxylic acids is 3. The first-order valence-electron chi connectivity index (χ1n) is 13.1. The van der Waals surface area contributed by atoms with Crippen LogP contribution in [0.5, 0.6) is 28.7 Å². The summed E-state index contributed by atoms with van der Waals surface area (Å²) in [5, 5.41) is 26.4. The fourth-order valence-corrected chi connectivity index (χ4v) is 4.60. The fraction of sp³-hybridized carbons (Fsp3) is 0.300. The van der Waals surface area contributed by atoms with Crippen LogP contribution in [0.3, 0.4) is 0 Å². The lowest BCUT2D eigenvalue weighted by Gasteiger charge is -2.26. The number of ketones is 1. The quantitative estimate of drug-likeness (QED) is 0.207. The van der Waals surface area contributed by atoms with Crippen molar-refractivity contribution in [2.24, 2.45) is 0 Å². The number of esters is 1. The Morgan fingerprint density at radius 2 is 1.53 bits per heavy atom. The van der Waals surface area contributed by atoms with Gasteiger partial charge in [-0.25, -0.2) is 9.18 Å². The Morgan fingerprint density at radius 3 is 2.12 bits per heavy atom. The van der Waals surface area contributed by atoms with Crippen molar-refractivity contribution >= 4 is 30.1 Å². The molecule has 3 aromatic carbocycles. The van der Waals surface area contributed by atoms with Crippen LogP contribution < -0.4 is 24.8 Å². The van der Waals surface area contributed by atoms with E-state index >= 15 is 0 Å². The maximum atomic E-state index is 14.5. The van der Waals surface area contributed by atoms with E-state index in [9.17, 15) is 29.0 Å². The number of hydrogen-bond acceptors (Lipinski definition) is 10. The maximum Gasteiger partial charge on any atom is 0.338 e. The van der Waals surface area contributed by atoms with Crippen LogP contribution in [0, 0.1) is 5.82 Å². The van der Waals surface area contributed by atoms with Gasteiger partial charge in [-0.2, -0.15) is 0 Å². The molecule has 2 atom stereocenters. The molecular weight excluding hydrogens is 587 g/mol. The highest BCUT2D eigenvalue weighted by Crippen LogP contribution is 2.37. The van der Waals surface area contributed by atoms with E-state index < -0.39 is 46.9 Å². The average Bonchev–Trinajstić information content (AvgIpc) is 3.21. The molecule has 3 aromatic rings. The molecule has 43 heavy (non-hydrogen) atoms. The van der Waals surface area contributed by atoms with Crippen LogP contribution in [0.4, 0.5) is 4.39 Å². The minimum absolute atomic E-state index is 0. The molecule has 1 fully saturated rings. The first kappa shape index (κ1) is 33.0. The van der Waals surface area contributed by atoms with E-state index in [2.05, 4.69) is 10.6 Å². The van der Waals surface area contributed by atoms with Crippen molar-refractivity contribution in [2.75, 3.05) is 34.4 Å². The first-order valence-corrected chi connectivity index (χ1v) is 13.1. The summed E-state index contributed by atoms with van der Waals surface area (Å²) in [5.41, 5.74) is -0.148. The van der Waals surface area contributed by atoms with Crippen molar-refractivity contribution in [1.82, 2.24) is 10.6 Å². The number of phenolic OH excluding ortho intramolecular Hbond substituents is 2. The minimum atomic E-state index is -0.945. The molecule has 0 bridgehead atoms. The molecule has 11 nitrogen and oxygen atoms in total. The highest BCUT2D eigenvalue weighted by atomic mass is 35.5. The molecule has 1 aliphatic rings. The van der Waals surface area contributed by atoms with E-state index in [1.807, 2.05) is 0 Å². The second-order valence-corrected chi connectivity index (χ2v) is 9.51. The van der Waals surface area contributed by atoms with Gasteiger partial charge in [0.2, 0.25) is 5.75 Å². The summed E-state index contributed by atoms with van der Waals surface area (Å²) >= 11 is 0. The fourth-order valence-electron chi connectivity index (χ4n) is 4.60. The molecule has 1 amide bonds.